The lowest BCUT2D eigenvalue weighted by atomic mass is 10.2. The number of anilines is 1. The molecule has 15 heavy (non-hydrogen) atoms. The fourth-order valence-electron chi connectivity index (χ4n) is 1.09. The van der Waals surface area contributed by atoms with Gasteiger partial charge in [0, 0.05) is 5.69 Å². The van der Waals surface area contributed by atoms with Gasteiger partial charge < -0.3 is 11.1 Å². The summed E-state index contributed by atoms with van der Waals surface area (Å²) in [5, 5.41) is 2.52. The summed E-state index contributed by atoms with van der Waals surface area (Å²) < 4.78 is 12.8. The van der Waals surface area contributed by atoms with E-state index in [-0.39, 0.29) is 5.91 Å². The molecule has 0 aliphatic heterocycles. The largest absolute Gasteiger partial charge is 0.325 e. The van der Waals surface area contributed by atoms with Gasteiger partial charge in [0.2, 0.25) is 5.91 Å². The second-order valence-corrected chi connectivity index (χ2v) is 3.13. The average Bonchev–Trinajstić information content (AvgIpc) is 2.18. The van der Waals surface area contributed by atoms with E-state index in [9.17, 15) is 9.18 Å². The quantitative estimate of drug-likeness (QED) is 0.739. The van der Waals surface area contributed by atoms with Gasteiger partial charge in [-0.25, -0.2) is 4.39 Å². The van der Waals surface area contributed by atoms with Crippen LogP contribution in [0, 0.1) is 5.82 Å². The summed E-state index contributed by atoms with van der Waals surface area (Å²) in [6, 6.07) is 5.01. The van der Waals surface area contributed by atoms with Crippen LogP contribution < -0.4 is 11.1 Å². The Morgan fingerprint density at radius 1 is 1.67 bits per heavy atom. The maximum Gasteiger partial charge on any atom is 0.241 e. The Hall–Kier alpha value is -1.68. The van der Waals surface area contributed by atoms with Gasteiger partial charge in [0.25, 0.3) is 0 Å². The molecule has 0 saturated heterocycles. The second-order valence-electron chi connectivity index (χ2n) is 3.13. The number of nitrogens with two attached hydrogens (primary N) is 1. The maximum atomic E-state index is 12.8. The highest BCUT2D eigenvalue weighted by molar-refractivity contribution is 5.94. The molecule has 0 aromatic heterocycles. The van der Waals surface area contributed by atoms with Crippen molar-refractivity contribution in [1.82, 2.24) is 0 Å². The first kappa shape index (κ1) is 11.4. The number of rotatable bonds is 4. The number of halogens is 1. The van der Waals surface area contributed by atoms with Crippen molar-refractivity contribution in [3.8, 4) is 0 Å². The number of amides is 1. The molecule has 4 heteroatoms. The van der Waals surface area contributed by atoms with E-state index in [1.165, 1.54) is 18.2 Å². The average molecular weight is 208 g/mol. The second kappa shape index (κ2) is 5.26. The first-order valence-corrected chi connectivity index (χ1v) is 4.56. The molecule has 0 aliphatic rings. The van der Waals surface area contributed by atoms with E-state index in [0.29, 0.717) is 12.1 Å². The van der Waals surface area contributed by atoms with E-state index < -0.39 is 11.9 Å². The van der Waals surface area contributed by atoms with E-state index in [4.69, 9.17) is 5.73 Å². The lowest BCUT2D eigenvalue weighted by molar-refractivity contribution is -0.117. The number of carbonyl (C=O) groups excluding carboxylic acids is 1. The SMILES string of the molecule is C=CCC(N)C(=O)Nc1cccc(F)c1. The Bertz CT molecular complexity index is 365. The molecule has 1 rings (SSSR count). The molecular formula is C11H13FN2O. The number of carbonyl (C=O) groups is 1. The molecule has 3 nitrogen and oxygen atoms in total. The Morgan fingerprint density at radius 3 is 3.00 bits per heavy atom. The number of nitrogens with one attached hydrogen (secondary N) is 1. The molecule has 0 bridgehead atoms. The first-order chi connectivity index (χ1) is 7.13. The zero-order valence-electron chi connectivity index (χ0n) is 8.24. The molecule has 1 atom stereocenters. The normalized spacial score (nSPS) is 11.9. The molecule has 1 aromatic rings. The van der Waals surface area contributed by atoms with Crippen LogP contribution in [-0.2, 0) is 4.79 Å². The van der Waals surface area contributed by atoms with E-state index >= 15 is 0 Å². The van der Waals surface area contributed by atoms with Crippen LogP contribution in [0.4, 0.5) is 10.1 Å². The summed E-state index contributed by atoms with van der Waals surface area (Å²) in [5.41, 5.74) is 5.94. The lowest BCUT2D eigenvalue weighted by Gasteiger charge is -2.09. The van der Waals surface area contributed by atoms with Gasteiger partial charge in [-0.05, 0) is 24.6 Å². The van der Waals surface area contributed by atoms with Crippen LogP contribution in [0.1, 0.15) is 6.42 Å². The fourth-order valence-corrected chi connectivity index (χ4v) is 1.09. The zero-order chi connectivity index (χ0) is 11.3. The van der Waals surface area contributed by atoms with Crippen LogP contribution in [0.15, 0.2) is 36.9 Å². The van der Waals surface area contributed by atoms with Crippen molar-refractivity contribution in [2.24, 2.45) is 5.73 Å². The third-order valence-corrected chi connectivity index (χ3v) is 1.85. The number of hydrogen-bond acceptors (Lipinski definition) is 2. The van der Waals surface area contributed by atoms with Crippen molar-refractivity contribution in [2.45, 2.75) is 12.5 Å². The fraction of sp³-hybridized carbons (Fsp3) is 0.182. The van der Waals surface area contributed by atoms with Gasteiger partial charge in [-0.3, -0.25) is 4.79 Å². The van der Waals surface area contributed by atoms with E-state index in [2.05, 4.69) is 11.9 Å². The lowest BCUT2D eigenvalue weighted by Crippen LogP contribution is -2.35. The van der Waals surface area contributed by atoms with Crippen LogP contribution >= 0.6 is 0 Å². The molecule has 0 fully saturated rings. The topological polar surface area (TPSA) is 55.1 Å². The Balaban J connectivity index is 2.62. The van der Waals surface area contributed by atoms with Gasteiger partial charge in [-0.2, -0.15) is 0 Å². The zero-order valence-corrected chi connectivity index (χ0v) is 8.24. The summed E-state index contributed by atoms with van der Waals surface area (Å²) in [6.07, 6.45) is 1.96. The third kappa shape index (κ3) is 3.52. The van der Waals surface area contributed by atoms with Crippen LogP contribution in [0.25, 0.3) is 0 Å². The van der Waals surface area contributed by atoms with Crippen LogP contribution in [0.5, 0.6) is 0 Å². The third-order valence-electron chi connectivity index (χ3n) is 1.85. The molecule has 0 spiro atoms. The monoisotopic (exact) mass is 208 g/mol. The molecule has 1 amide bonds. The van der Waals surface area contributed by atoms with Gasteiger partial charge in [-0.1, -0.05) is 12.1 Å². The standard InChI is InChI=1S/C11H13FN2O/c1-2-4-10(13)11(15)14-9-6-3-5-8(12)7-9/h2-3,5-7,10H,1,4,13H2,(H,14,15). The highest BCUT2D eigenvalue weighted by Crippen LogP contribution is 2.09. The Morgan fingerprint density at radius 2 is 2.40 bits per heavy atom. The van der Waals surface area contributed by atoms with Crippen molar-refractivity contribution in [3.63, 3.8) is 0 Å². The van der Waals surface area contributed by atoms with E-state index in [0.717, 1.165) is 0 Å². The summed E-state index contributed by atoms with van der Waals surface area (Å²) in [6.45, 7) is 3.48. The Kier molecular flexibility index (Phi) is 4.00. The highest BCUT2D eigenvalue weighted by Gasteiger charge is 2.11. The van der Waals surface area contributed by atoms with Gasteiger partial charge in [0.1, 0.15) is 5.82 Å². The van der Waals surface area contributed by atoms with Crippen molar-refractivity contribution in [1.29, 1.82) is 0 Å². The predicted molar refractivity (Wildman–Crippen MR) is 57.8 cm³/mol. The summed E-state index contributed by atoms with van der Waals surface area (Å²) in [5.74, 6) is -0.745. The molecule has 80 valence electrons. The summed E-state index contributed by atoms with van der Waals surface area (Å²) in [4.78, 5) is 11.4. The van der Waals surface area contributed by atoms with Gasteiger partial charge in [0.15, 0.2) is 0 Å². The predicted octanol–water partition coefficient (Wildman–Crippen LogP) is 1.67. The molecule has 0 saturated carbocycles. The minimum atomic E-state index is -0.647. The minimum absolute atomic E-state index is 0.347. The summed E-state index contributed by atoms with van der Waals surface area (Å²) in [7, 11) is 0. The number of hydrogen-bond donors (Lipinski definition) is 2. The van der Waals surface area contributed by atoms with Crippen molar-refractivity contribution in [3.05, 3.63) is 42.7 Å². The van der Waals surface area contributed by atoms with Crippen LogP contribution in [-0.4, -0.2) is 11.9 Å². The van der Waals surface area contributed by atoms with Gasteiger partial charge >= 0.3 is 0 Å². The molecule has 1 aromatic carbocycles. The molecule has 0 aliphatic carbocycles. The van der Waals surface area contributed by atoms with E-state index in [1.807, 2.05) is 0 Å². The molecule has 3 N–H and O–H groups in total. The summed E-state index contributed by atoms with van der Waals surface area (Å²) >= 11 is 0. The molecule has 1 unspecified atom stereocenters. The highest BCUT2D eigenvalue weighted by atomic mass is 19.1. The van der Waals surface area contributed by atoms with Crippen molar-refractivity contribution in [2.75, 3.05) is 5.32 Å². The molecule has 0 heterocycles. The van der Waals surface area contributed by atoms with Crippen molar-refractivity contribution < 1.29 is 9.18 Å². The van der Waals surface area contributed by atoms with Crippen LogP contribution in [0.2, 0.25) is 0 Å². The number of benzene rings is 1. The molecular weight excluding hydrogens is 195 g/mol. The maximum absolute atomic E-state index is 12.8. The molecule has 0 radical (unpaired) electrons. The minimum Gasteiger partial charge on any atom is -0.325 e. The van der Waals surface area contributed by atoms with Crippen LogP contribution in [0.3, 0.4) is 0 Å². The van der Waals surface area contributed by atoms with Gasteiger partial charge in [-0.15, -0.1) is 6.58 Å². The van der Waals surface area contributed by atoms with E-state index in [1.54, 1.807) is 12.1 Å². The smallest absolute Gasteiger partial charge is 0.241 e. The Labute approximate surface area is 87.8 Å². The van der Waals surface area contributed by atoms with Gasteiger partial charge in [0.05, 0.1) is 6.04 Å². The van der Waals surface area contributed by atoms with Crippen molar-refractivity contribution >= 4 is 11.6 Å². The first-order valence-electron chi connectivity index (χ1n) is 4.56.